The number of aromatic nitrogens is 4. The van der Waals surface area contributed by atoms with Gasteiger partial charge in [-0.3, -0.25) is 4.79 Å². The van der Waals surface area contributed by atoms with Crippen LogP contribution in [0.2, 0.25) is 0 Å². The van der Waals surface area contributed by atoms with Crippen molar-refractivity contribution < 1.29 is 4.74 Å². The summed E-state index contributed by atoms with van der Waals surface area (Å²) in [4.78, 5) is 24.5. The molecule has 4 aromatic rings. The van der Waals surface area contributed by atoms with Crippen molar-refractivity contribution in [2.24, 2.45) is 0 Å². The molecule has 7 nitrogen and oxygen atoms in total. The van der Waals surface area contributed by atoms with E-state index in [2.05, 4.69) is 23.7 Å². The second kappa shape index (κ2) is 9.45. The van der Waals surface area contributed by atoms with Gasteiger partial charge in [-0.1, -0.05) is 37.7 Å². The molecular formula is C23H25N5O2S. The molecule has 4 rings (SSSR count). The first kappa shape index (κ1) is 21.3. The van der Waals surface area contributed by atoms with Gasteiger partial charge in [-0.05, 0) is 49.5 Å². The highest BCUT2D eigenvalue weighted by Crippen LogP contribution is 2.24. The smallest absolute Gasteiger partial charge is 0.300 e. The average molecular weight is 436 g/mol. The Morgan fingerprint density at radius 2 is 1.77 bits per heavy atom. The minimum absolute atomic E-state index is 0.294. The number of hydrogen-bond donors (Lipinski definition) is 0. The molecule has 0 radical (unpaired) electrons. The van der Waals surface area contributed by atoms with Crippen molar-refractivity contribution in [1.29, 1.82) is 0 Å². The van der Waals surface area contributed by atoms with E-state index in [9.17, 15) is 4.79 Å². The second-order valence-electron chi connectivity index (χ2n) is 7.02. The predicted octanol–water partition coefficient (Wildman–Crippen LogP) is 3.75. The third kappa shape index (κ3) is 4.40. The molecule has 8 heteroatoms. The SMILES string of the molecule is CCN(CC)CCSc1nc2ccccc2c2nc(=O)c(-c3ccc(OC)cc3)nn12. The highest BCUT2D eigenvalue weighted by atomic mass is 32.2. The van der Waals surface area contributed by atoms with Crippen LogP contribution in [0, 0.1) is 0 Å². The van der Waals surface area contributed by atoms with Gasteiger partial charge in [0.15, 0.2) is 16.5 Å². The van der Waals surface area contributed by atoms with Gasteiger partial charge in [-0.15, -0.1) is 0 Å². The van der Waals surface area contributed by atoms with Crippen LogP contribution in [0.4, 0.5) is 0 Å². The first-order valence-corrected chi connectivity index (χ1v) is 11.3. The van der Waals surface area contributed by atoms with E-state index in [4.69, 9.17) is 14.8 Å². The van der Waals surface area contributed by atoms with Gasteiger partial charge in [-0.25, -0.2) is 4.98 Å². The molecule has 0 aliphatic heterocycles. The van der Waals surface area contributed by atoms with Crippen LogP contribution < -0.4 is 10.3 Å². The van der Waals surface area contributed by atoms with Crippen molar-refractivity contribution in [3.8, 4) is 17.0 Å². The Bertz CT molecular complexity index is 1250. The average Bonchev–Trinajstić information content (AvgIpc) is 2.81. The Hall–Kier alpha value is -2.97. The zero-order valence-electron chi connectivity index (χ0n) is 17.9. The molecule has 0 aliphatic rings. The number of para-hydroxylation sites is 1. The first-order chi connectivity index (χ1) is 15.1. The van der Waals surface area contributed by atoms with E-state index >= 15 is 0 Å². The largest absolute Gasteiger partial charge is 0.497 e. The molecule has 31 heavy (non-hydrogen) atoms. The summed E-state index contributed by atoms with van der Waals surface area (Å²) in [5.74, 6) is 1.59. The number of ether oxygens (including phenoxy) is 1. The van der Waals surface area contributed by atoms with Gasteiger partial charge in [0.05, 0.1) is 12.6 Å². The van der Waals surface area contributed by atoms with Gasteiger partial charge in [0.1, 0.15) is 5.75 Å². The minimum atomic E-state index is -0.361. The Labute approximate surface area is 185 Å². The quantitative estimate of drug-likeness (QED) is 0.237. The summed E-state index contributed by atoms with van der Waals surface area (Å²) in [6, 6.07) is 15.0. The number of nitrogens with zero attached hydrogens (tertiary/aromatic N) is 5. The maximum atomic E-state index is 12.9. The van der Waals surface area contributed by atoms with Crippen LogP contribution in [-0.4, -0.2) is 57.0 Å². The lowest BCUT2D eigenvalue weighted by Gasteiger charge is -2.17. The number of thioether (sulfide) groups is 1. The third-order valence-corrected chi connectivity index (χ3v) is 6.16. The summed E-state index contributed by atoms with van der Waals surface area (Å²) < 4.78 is 6.92. The van der Waals surface area contributed by atoms with Crippen molar-refractivity contribution in [3.05, 3.63) is 58.9 Å². The van der Waals surface area contributed by atoms with E-state index in [1.54, 1.807) is 23.4 Å². The molecular weight excluding hydrogens is 410 g/mol. The van der Waals surface area contributed by atoms with Crippen LogP contribution in [0.25, 0.3) is 27.8 Å². The number of benzene rings is 2. The van der Waals surface area contributed by atoms with Gasteiger partial charge in [0, 0.05) is 23.2 Å². The molecule has 0 N–H and O–H groups in total. The molecule has 0 atom stereocenters. The summed E-state index contributed by atoms with van der Waals surface area (Å²) in [6.45, 7) is 7.30. The highest BCUT2D eigenvalue weighted by Gasteiger charge is 2.15. The lowest BCUT2D eigenvalue weighted by atomic mass is 10.1. The van der Waals surface area contributed by atoms with Crippen LogP contribution in [0.1, 0.15) is 13.8 Å². The van der Waals surface area contributed by atoms with Crippen molar-refractivity contribution in [2.45, 2.75) is 19.0 Å². The lowest BCUT2D eigenvalue weighted by Crippen LogP contribution is -2.25. The molecule has 0 fully saturated rings. The monoisotopic (exact) mass is 435 g/mol. The molecule has 0 bridgehead atoms. The number of fused-ring (bicyclic) bond motifs is 3. The lowest BCUT2D eigenvalue weighted by molar-refractivity contribution is 0.324. The number of methoxy groups -OCH3 is 1. The van der Waals surface area contributed by atoms with Crippen molar-refractivity contribution in [3.63, 3.8) is 0 Å². The van der Waals surface area contributed by atoms with Crippen LogP contribution >= 0.6 is 11.8 Å². The predicted molar refractivity (Wildman–Crippen MR) is 125 cm³/mol. The van der Waals surface area contributed by atoms with Gasteiger partial charge in [0.2, 0.25) is 0 Å². The van der Waals surface area contributed by atoms with Crippen molar-refractivity contribution >= 4 is 28.3 Å². The summed E-state index contributed by atoms with van der Waals surface area (Å²) in [5.41, 5.74) is 1.96. The Kier molecular flexibility index (Phi) is 6.48. The molecule has 0 aliphatic carbocycles. The molecule has 2 heterocycles. The molecule has 0 unspecified atom stereocenters. The standard InChI is InChI=1S/C23H25N5O2S/c1-4-27(5-2)14-15-31-23-24-19-9-7-6-8-18(19)21-25-22(29)20(26-28(21)23)16-10-12-17(30-3)13-11-16/h6-13H,4-5,14-15H2,1-3H3. The highest BCUT2D eigenvalue weighted by molar-refractivity contribution is 7.99. The van der Waals surface area contributed by atoms with E-state index in [0.717, 1.165) is 47.2 Å². The topological polar surface area (TPSA) is 72.6 Å². The molecule has 0 spiro atoms. The Balaban J connectivity index is 1.82. The number of rotatable bonds is 8. The summed E-state index contributed by atoms with van der Waals surface area (Å²) >= 11 is 1.63. The second-order valence-corrected chi connectivity index (χ2v) is 8.08. The molecule has 0 saturated heterocycles. The van der Waals surface area contributed by atoms with Gasteiger partial charge in [0.25, 0.3) is 5.56 Å². The van der Waals surface area contributed by atoms with E-state index in [1.807, 2.05) is 48.5 Å². The number of hydrogen-bond acceptors (Lipinski definition) is 7. The van der Waals surface area contributed by atoms with Crippen LogP contribution in [0.15, 0.2) is 58.5 Å². The van der Waals surface area contributed by atoms with Crippen LogP contribution in [0.3, 0.4) is 0 Å². The van der Waals surface area contributed by atoms with E-state index < -0.39 is 0 Å². The van der Waals surface area contributed by atoms with Gasteiger partial charge < -0.3 is 9.64 Å². The summed E-state index contributed by atoms with van der Waals surface area (Å²) in [5, 5.41) is 6.22. The Morgan fingerprint density at radius 3 is 2.48 bits per heavy atom. The summed E-state index contributed by atoms with van der Waals surface area (Å²) in [6.07, 6.45) is 0. The van der Waals surface area contributed by atoms with E-state index in [1.165, 1.54) is 0 Å². The molecule has 160 valence electrons. The van der Waals surface area contributed by atoms with E-state index in [0.29, 0.717) is 16.9 Å². The van der Waals surface area contributed by atoms with Gasteiger partial charge >= 0.3 is 0 Å². The molecule has 2 aromatic heterocycles. The van der Waals surface area contributed by atoms with Crippen LogP contribution in [-0.2, 0) is 0 Å². The third-order valence-electron chi connectivity index (χ3n) is 5.25. The Morgan fingerprint density at radius 1 is 1.03 bits per heavy atom. The zero-order valence-corrected chi connectivity index (χ0v) is 18.7. The van der Waals surface area contributed by atoms with Gasteiger partial charge in [-0.2, -0.15) is 14.6 Å². The zero-order chi connectivity index (χ0) is 21.8. The fraction of sp³-hybridized carbons (Fsp3) is 0.304. The van der Waals surface area contributed by atoms with E-state index in [-0.39, 0.29) is 5.56 Å². The minimum Gasteiger partial charge on any atom is -0.497 e. The van der Waals surface area contributed by atoms with Crippen molar-refractivity contribution in [2.75, 3.05) is 32.5 Å². The molecule has 0 saturated carbocycles. The molecule has 0 amide bonds. The molecule has 2 aromatic carbocycles. The van der Waals surface area contributed by atoms with Crippen LogP contribution in [0.5, 0.6) is 5.75 Å². The fourth-order valence-electron chi connectivity index (χ4n) is 3.43. The maximum Gasteiger partial charge on any atom is 0.300 e. The summed E-state index contributed by atoms with van der Waals surface area (Å²) in [7, 11) is 1.61. The first-order valence-electron chi connectivity index (χ1n) is 10.3. The fourth-order valence-corrected chi connectivity index (χ4v) is 4.38. The maximum absolute atomic E-state index is 12.9. The normalized spacial score (nSPS) is 11.5. The van der Waals surface area contributed by atoms with Crippen molar-refractivity contribution in [1.82, 2.24) is 24.5 Å².